The number of esters is 1. The van der Waals surface area contributed by atoms with Crippen LogP contribution in [-0.4, -0.2) is 13.1 Å². The minimum absolute atomic E-state index is 0.312. The predicted octanol–water partition coefficient (Wildman–Crippen LogP) is 4.16. The molecule has 0 aliphatic heterocycles. The van der Waals surface area contributed by atoms with Crippen LogP contribution in [0.5, 0.6) is 0 Å². The van der Waals surface area contributed by atoms with E-state index in [1.54, 1.807) is 6.07 Å². The van der Waals surface area contributed by atoms with Crippen molar-refractivity contribution in [1.29, 1.82) is 0 Å². The molecular formula is C16H16BrNO2. The van der Waals surface area contributed by atoms with E-state index in [4.69, 9.17) is 4.74 Å². The number of halogens is 1. The van der Waals surface area contributed by atoms with E-state index in [-0.39, 0.29) is 5.97 Å². The largest absolute Gasteiger partial charge is 0.465 e. The monoisotopic (exact) mass is 333 g/mol. The third-order valence-electron chi connectivity index (χ3n) is 3.09. The van der Waals surface area contributed by atoms with Crippen LogP contribution in [0.3, 0.4) is 0 Å². The fourth-order valence-electron chi connectivity index (χ4n) is 1.96. The summed E-state index contributed by atoms with van der Waals surface area (Å²) in [5, 5.41) is 3.35. The van der Waals surface area contributed by atoms with Gasteiger partial charge in [-0.15, -0.1) is 0 Å². The van der Waals surface area contributed by atoms with Crippen molar-refractivity contribution in [1.82, 2.24) is 0 Å². The first-order chi connectivity index (χ1) is 9.61. The van der Waals surface area contributed by atoms with Crippen LogP contribution in [-0.2, 0) is 11.3 Å². The van der Waals surface area contributed by atoms with E-state index in [0.717, 1.165) is 21.3 Å². The second-order valence-electron chi connectivity index (χ2n) is 4.46. The van der Waals surface area contributed by atoms with Crippen molar-refractivity contribution in [3.8, 4) is 0 Å². The Labute approximate surface area is 127 Å². The zero-order valence-corrected chi connectivity index (χ0v) is 13.0. The van der Waals surface area contributed by atoms with Crippen molar-refractivity contribution in [2.75, 3.05) is 12.4 Å². The zero-order valence-electron chi connectivity index (χ0n) is 11.4. The van der Waals surface area contributed by atoms with Crippen molar-refractivity contribution in [3.05, 3.63) is 63.6 Å². The number of anilines is 1. The van der Waals surface area contributed by atoms with Crippen molar-refractivity contribution in [2.24, 2.45) is 0 Å². The molecule has 104 valence electrons. The Balaban J connectivity index is 2.19. The van der Waals surface area contributed by atoms with E-state index < -0.39 is 0 Å². The van der Waals surface area contributed by atoms with Gasteiger partial charge in [-0.05, 0) is 36.2 Å². The molecule has 0 saturated heterocycles. The number of rotatable bonds is 4. The molecule has 0 radical (unpaired) electrons. The highest BCUT2D eigenvalue weighted by molar-refractivity contribution is 9.10. The number of ether oxygens (including phenoxy) is 1. The lowest BCUT2D eigenvalue weighted by molar-refractivity contribution is 0.0599. The van der Waals surface area contributed by atoms with Crippen LogP contribution in [0, 0.1) is 6.92 Å². The van der Waals surface area contributed by atoms with Gasteiger partial charge in [-0.3, -0.25) is 0 Å². The normalized spacial score (nSPS) is 10.2. The van der Waals surface area contributed by atoms with E-state index in [0.29, 0.717) is 12.1 Å². The maximum absolute atomic E-state index is 11.7. The van der Waals surface area contributed by atoms with Gasteiger partial charge >= 0.3 is 5.97 Å². The molecule has 0 aromatic heterocycles. The minimum Gasteiger partial charge on any atom is -0.465 e. The topological polar surface area (TPSA) is 38.3 Å². The average Bonchev–Trinajstić information content (AvgIpc) is 2.47. The Morgan fingerprint density at radius 1 is 1.25 bits per heavy atom. The molecule has 0 unspecified atom stereocenters. The number of carbonyl (C=O) groups excluding carboxylic acids is 1. The fourth-order valence-corrected chi connectivity index (χ4v) is 2.32. The first-order valence-corrected chi connectivity index (χ1v) is 7.07. The number of hydrogen-bond donors (Lipinski definition) is 1. The van der Waals surface area contributed by atoms with E-state index in [2.05, 4.69) is 21.2 Å². The zero-order chi connectivity index (χ0) is 14.5. The molecule has 4 heteroatoms. The molecule has 3 nitrogen and oxygen atoms in total. The number of nitrogens with one attached hydrogen (secondary N) is 1. The summed E-state index contributed by atoms with van der Waals surface area (Å²) < 4.78 is 5.82. The molecule has 0 bridgehead atoms. The standard InChI is InChI=1S/C16H16BrNO2/c1-11-7-8-13(17)9-15(11)18-10-12-5-3-4-6-14(12)16(19)20-2/h3-9,18H,10H2,1-2H3. The number of aryl methyl sites for hydroxylation is 1. The first-order valence-electron chi connectivity index (χ1n) is 6.28. The molecule has 20 heavy (non-hydrogen) atoms. The predicted molar refractivity (Wildman–Crippen MR) is 84.0 cm³/mol. The molecule has 1 N–H and O–H groups in total. The van der Waals surface area contributed by atoms with Gasteiger partial charge in [-0.25, -0.2) is 4.79 Å². The van der Waals surface area contributed by atoms with Gasteiger partial charge in [-0.1, -0.05) is 40.2 Å². The van der Waals surface area contributed by atoms with Crippen LogP contribution in [0.15, 0.2) is 46.9 Å². The molecule has 0 spiro atoms. The highest BCUT2D eigenvalue weighted by Crippen LogP contribution is 2.22. The van der Waals surface area contributed by atoms with Crippen LogP contribution in [0.1, 0.15) is 21.5 Å². The van der Waals surface area contributed by atoms with Gasteiger partial charge in [0.15, 0.2) is 0 Å². The molecule has 0 fully saturated rings. The SMILES string of the molecule is COC(=O)c1ccccc1CNc1cc(Br)ccc1C. The Kier molecular flexibility index (Phi) is 4.79. The highest BCUT2D eigenvalue weighted by Gasteiger charge is 2.10. The Morgan fingerprint density at radius 3 is 2.75 bits per heavy atom. The first kappa shape index (κ1) is 14.6. The fraction of sp³-hybridized carbons (Fsp3) is 0.188. The van der Waals surface area contributed by atoms with Crippen LogP contribution in [0.25, 0.3) is 0 Å². The second kappa shape index (κ2) is 6.57. The summed E-state index contributed by atoms with van der Waals surface area (Å²) in [6.45, 7) is 2.61. The lowest BCUT2D eigenvalue weighted by Gasteiger charge is -2.12. The summed E-state index contributed by atoms with van der Waals surface area (Å²) in [4.78, 5) is 11.7. The molecular weight excluding hydrogens is 318 g/mol. The quantitative estimate of drug-likeness (QED) is 0.854. The van der Waals surface area contributed by atoms with Gasteiger partial charge < -0.3 is 10.1 Å². The Morgan fingerprint density at radius 2 is 2.00 bits per heavy atom. The van der Waals surface area contributed by atoms with E-state index in [9.17, 15) is 4.79 Å². The van der Waals surface area contributed by atoms with Crippen LogP contribution < -0.4 is 5.32 Å². The Hall–Kier alpha value is -1.81. The molecule has 2 rings (SSSR count). The summed E-state index contributed by atoms with van der Waals surface area (Å²) >= 11 is 3.46. The maximum atomic E-state index is 11.7. The van der Waals surface area contributed by atoms with Gasteiger partial charge in [0.1, 0.15) is 0 Å². The van der Waals surface area contributed by atoms with Gasteiger partial charge in [0.2, 0.25) is 0 Å². The minimum atomic E-state index is -0.312. The number of hydrogen-bond acceptors (Lipinski definition) is 3. The maximum Gasteiger partial charge on any atom is 0.338 e. The van der Waals surface area contributed by atoms with Crippen molar-refractivity contribution in [2.45, 2.75) is 13.5 Å². The van der Waals surface area contributed by atoms with Gasteiger partial charge in [0, 0.05) is 16.7 Å². The smallest absolute Gasteiger partial charge is 0.338 e. The summed E-state index contributed by atoms with van der Waals surface area (Å²) in [6.07, 6.45) is 0. The summed E-state index contributed by atoms with van der Waals surface area (Å²) in [6, 6.07) is 13.5. The van der Waals surface area contributed by atoms with Crippen molar-refractivity contribution in [3.63, 3.8) is 0 Å². The average molecular weight is 334 g/mol. The van der Waals surface area contributed by atoms with E-state index in [1.807, 2.05) is 43.3 Å². The summed E-state index contributed by atoms with van der Waals surface area (Å²) in [5.41, 5.74) is 3.71. The molecule has 0 heterocycles. The molecule has 0 amide bonds. The van der Waals surface area contributed by atoms with Gasteiger partial charge in [-0.2, -0.15) is 0 Å². The lowest BCUT2D eigenvalue weighted by Crippen LogP contribution is -2.09. The third kappa shape index (κ3) is 3.39. The molecule has 0 saturated carbocycles. The van der Waals surface area contributed by atoms with Crippen LogP contribution >= 0.6 is 15.9 Å². The van der Waals surface area contributed by atoms with Crippen LogP contribution in [0.4, 0.5) is 5.69 Å². The number of carbonyl (C=O) groups is 1. The van der Waals surface area contributed by atoms with E-state index in [1.165, 1.54) is 7.11 Å². The van der Waals surface area contributed by atoms with Crippen molar-refractivity contribution < 1.29 is 9.53 Å². The van der Waals surface area contributed by atoms with Crippen LogP contribution in [0.2, 0.25) is 0 Å². The molecule has 2 aromatic carbocycles. The second-order valence-corrected chi connectivity index (χ2v) is 5.38. The third-order valence-corrected chi connectivity index (χ3v) is 3.58. The Bertz CT molecular complexity index is 626. The lowest BCUT2D eigenvalue weighted by atomic mass is 10.1. The molecule has 0 aliphatic carbocycles. The summed E-state index contributed by atoms with van der Waals surface area (Å²) in [5.74, 6) is -0.312. The molecule has 0 aliphatic rings. The number of benzene rings is 2. The van der Waals surface area contributed by atoms with Crippen molar-refractivity contribution >= 4 is 27.6 Å². The van der Waals surface area contributed by atoms with E-state index >= 15 is 0 Å². The molecule has 0 atom stereocenters. The summed E-state index contributed by atoms with van der Waals surface area (Å²) in [7, 11) is 1.39. The highest BCUT2D eigenvalue weighted by atomic mass is 79.9. The number of methoxy groups -OCH3 is 1. The molecule has 2 aromatic rings. The van der Waals surface area contributed by atoms with Gasteiger partial charge in [0.05, 0.1) is 12.7 Å². The van der Waals surface area contributed by atoms with Gasteiger partial charge in [0.25, 0.3) is 0 Å².